The van der Waals surface area contributed by atoms with E-state index in [0.29, 0.717) is 29.8 Å². The Kier molecular flexibility index (Phi) is 5.55. The van der Waals surface area contributed by atoms with Gasteiger partial charge < -0.3 is 10.2 Å². The third-order valence-electron chi connectivity index (χ3n) is 6.96. The Morgan fingerprint density at radius 2 is 1.83 bits per heavy atom. The molecular weight excluding hydrogens is 392 g/mol. The lowest BCUT2D eigenvalue weighted by atomic mass is 9.95. The third-order valence-corrected chi connectivity index (χ3v) is 8.22. The van der Waals surface area contributed by atoms with Crippen molar-refractivity contribution >= 4 is 23.6 Å². The largest absolute Gasteiger partial charge is 0.349 e. The van der Waals surface area contributed by atoms with E-state index in [-0.39, 0.29) is 17.2 Å². The highest BCUT2D eigenvalue weighted by Gasteiger charge is 2.40. The first-order valence-electron chi connectivity index (χ1n) is 11.0. The van der Waals surface area contributed by atoms with Crippen LogP contribution >= 0.6 is 11.8 Å². The SMILES string of the molecule is O=C(N[C@H]1C[C@@H]2CC[C@@H]1C2)c1ccc([C@@H]2SCC(=O)N2CCc2ccccc2)cc1. The summed E-state index contributed by atoms with van der Waals surface area (Å²) in [5.41, 5.74) is 3.05. The van der Waals surface area contributed by atoms with Gasteiger partial charge in [0.25, 0.3) is 5.91 Å². The molecule has 0 aromatic heterocycles. The lowest BCUT2D eigenvalue weighted by Gasteiger charge is -2.25. The Hall–Kier alpha value is -2.27. The number of nitrogens with zero attached hydrogens (tertiary/aromatic N) is 1. The molecule has 1 heterocycles. The van der Waals surface area contributed by atoms with Gasteiger partial charge in [0.05, 0.1) is 5.75 Å². The molecular formula is C25H28N2O2S. The van der Waals surface area contributed by atoms with Crippen LogP contribution in [0.25, 0.3) is 0 Å². The second kappa shape index (κ2) is 8.46. The van der Waals surface area contributed by atoms with Gasteiger partial charge in [0.2, 0.25) is 5.91 Å². The second-order valence-electron chi connectivity index (χ2n) is 8.86. The minimum Gasteiger partial charge on any atom is -0.349 e. The van der Waals surface area contributed by atoms with Gasteiger partial charge in [0.15, 0.2) is 0 Å². The van der Waals surface area contributed by atoms with Crippen LogP contribution in [0.1, 0.15) is 52.5 Å². The van der Waals surface area contributed by atoms with E-state index in [0.717, 1.165) is 24.3 Å². The van der Waals surface area contributed by atoms with E-state index < -0.39 is 0 Å². The maximum Gasteiger partial charge on any atom is 0.251 e. The van der Waals surface area contributed by atoms with Crippen molar-refractivity contribution in [2.75, 3.05) is 12.3 Å². The summed E-state index contributed by atoms with van der Waals surface area (Å²) in [6, 6.07) is 18.5. The summed E-state index contributed by atoms with van der Waals surface area (Å²) < 4.78 is 0. The number of hydrogen-bond acceptors (Lipinski definition) is 3. The minimum absolute atomic E-state index is 0.0314. The van der Waals surface area contributed by atoms with Gasteiger partial charge in [-0.15, -0.1) is 11.8 Å². The first-order valence-corrected chi connectivity index (χ1v) is 12.1. The quantitative estimate of drug-likeness (QED) is 0.753. The van der Waals surface area contributed by atoms with Crippen molar-refractivity contribution in [1.29, 1.82) is 0 Å². The molecule has 0 radical (unpaired) electrons. The van der Waals surface area contributed by atoms with Crippen molar-refractivity contribution in [2.24, 2.45) is 11.8 Å². The van der Waals surface area contributed by atoms with Crippen LogP contribution in [0.3, 0.4) is 0 Å². The number of fused-ring (bicyclic) bond motifs is 2. The molecule has 4 nitrogen and oxygen atoms in total. The fourth-order valence-corrected chi connectivity index (χ4v) is 6.56. The molecule has 30 heavy (non-hydrogen) atoms. The van der Waals surface area contributed by atoms with Crippen molar-refractivity contribution in [2.45, 2.75) is 43.5 Å². The Labute approximate surface area is 182 Å². The van der Waals surface area contributed by atoms with E-state index >= 15 is 0 Å². The van der Waals surface area contributed by atoms with E-state index in [1.807, 2.05) is 47.4 Å². The highest BCUT2D eigenvalue weighted by Crippen LogP contribution is 2.44. The third kappa shape index (κ3) is 4.00. The molecule has 4 atom stereocenters. The Morgan fingerprint density at radius 3 is 2.53 bits per heavy atom. The standard InChI is InChI=1S/C25H28N2O2S/c28-23-16-30-25(27(23)13-12-17-4-2-1-3-5-17)20-10-8-19(9-11-20)24(29)26-22-15-18-6-7-21(22)14-18/h1-5,8-11,18,21-22,25H,6-7,12-16H2,(H,26,29)/t18-,21-,22+,25+/m1/s1. The maximum atomic E-state index is 12.7. The first-order chi connectivity index (χ1) is 14.7. The molecule has 1 N–H and O–H groups in total. The van der Waals surface area contributed by atoms with E-state index in [2.05, 4.69) is 17.4 Å². The normalized spacial score (nSPS) is 27.6. The van der Waals surface area contributed by atoms with Crippen molar-refractivity contribution in [3.63, 3.8) is 0 Å². The Bertz CT molecular complexity index is 915. The van der Waals surface area contributed by atoms with Gasteiger partial charge in [0, 0.05) is 18.2 Å². The lowest BCUT2D eigenvalue weighted by Crippen LogP contribution is -2.38. The molecule has 5 rings (SSSR count). The number of carbonyl (C=O) groups is 2. The van der Waals surface area contributed by atoms with E-state index in [1.165, 1.54) is 24.8 Å². The molecule has 2 amide bonds. The van der Waals surface area contributed by atoms with Crippen LogP contribution in [-0.4, -0.2) is 35.1 Å². The summed E-state index contributed by atoms with van der Waals surface area (Å²) in [5, 5.41) is 3.29. The van der Waals surface area contributed by atoms with Crippen molar-refractivity contribution in [3.05, 3.63) is 71.3 Å². The predicted octanol–water partition coefficient (Wildman–Crippen LogP) is 4.42. The van der Waals surface area contributed by atoms with Crippen molar-refractivity contribution in [1.82, 2.24) is 10.2 Å². The molecule has 1 saturated heterocycles. The van der Waals surface area contributed by atoms with E-state index in [9.17, 15) is 9.59 Å². The topological polar surface area (TPSA) is 49.4 Å². The number of carbonyl (C=O) groups excluding carboxylic acids is 2. The van der Waals surface area contributed by atoms with Gasteiger partial charge in [0.1, 0.15) is 5.37 Å². The first kappa shape index (κ1) is 19.7. The molecule has 2 aromatic rings. The highest BCUT2D eigenvalue weighted by molar-refractivity contribution is 8.00. The molecule has 2 aliphatic carbocycles. The lowest BCUT2D eigenvalue weighted by molar-refractivity contribution is -0.128. The van der Waals surface area contributed by atoms with Gasteiger partial charge >= 0.3 is 0 Å². The highest BCUT2D eigenvalue weighted by atomic mass is 32.2. The number of benzene rings is 2. The van der Waals surface area contributed by atoms with Crippen LogP contribution < -0.4 is 5.32 Å². The molecule has 2 saturated carbocycles. The number of rotatable bonds is 6. The zero-order chi connectivity index (χ0) is 20.5. The van der Waals surface area contributed by atoms with E-state index in [1.54, 1.807) is 11.8 Å². The molecule has 0 unspecified atom stereocenters. The summed E-state index contributed by atoms with van der Waals surface area (Å²) in [4.78, 5) is 27.1. The average molecular weight is 421 g/mol. The molecule has 156 valence electrons. The molecule has 2 bridgehead atoms. The molecule has 1 aliphatic heterocycles. The zero-order valence-electron chi connectivity index (χ0n) is 17.1. The van der Waals surface area contributed by atoms with Crippen LogP contribution in [0.2, 0.25) is 0 Å². The number of hydrogen-bond donors (Lipinski definition) is 1. The van der Waals surface area contributed by atoms with Gasteiger partial charge in [-0.3, -0.25) is 9.59 Å². The summed E-state index contributed by atoms with van der Waals surface area (Å²) in [7, 11) is 0. The predicted molar refractivity (Wildman–Crippen MR) is 120 cm³/mol. The summed E-state index contributed by atoms with van der Waals surface area (Å²) >= 11 is 1.67. The van der Waals surface area contributed by atoms with Crippen LogP contribution in [0, 0.1) is 11.8 Å². The molecule has 2 aromatic carbocycles. The van der Waals surface area contributed by atoms with Crippen molar-refractivity contribution in [3.8, 4) is 0 Å². The number of nitrogens with one attached hydrogen (secondary N) is 1. The smallest absolute Gasteiger partial charge is 0.251 e. The van der Waals surface area contributed by atoms with Crippen LogP contribution in [0.15, 0.2) is 54.6 Å². The van der Waals surface area contributed by atoms with Crippen LogP contribution in [0.5, 0.6) is 0 Å². The molecule has 5 heteroatoms. The number of thioether (sulfide) groups is 1. The molecule has 3 fully saturated rings. The Balaban J connectivity index is 1.22. The van der Waals surface area contributed by atoms with Crippen LogP contribution in [-0.2, 0) is 11.2 Å². The van der Waals surface area contributed by atoms with E-state index in [4.69, 9.17) is 0 Å². The summed E-state index contributed by atoms with van der Waals surface area (Å²) in [6.07, 6.45) is 5.89. The van der Waals surface area contributed by atoms with Gasteiger partial charge in [-0.25, -0.2) is 0 Å². The van der Waals surface area contributed by atoms with Crippen molar-refractivity contribution < 1.29 is 9.59 Å². The van der Waals surface area contributed by atoms with Gasteiger partial charge in [-0.1, -0.05) is 48.9 Å². The minimum atomic E-state index is 0.0314. The monoisotopic (exact) mass is 420 g/mol. The summed E-state index contributed by atoms with van der Waals surface area (Å²) in [6.45, 7) is 0.715. The fraction of sp³-hybridized carbons (Fsp3) is 0.440. The molecule has 0 spiro atoms. The van der Waals surface area contributed by atoms with Gasteiger partial charge in [-0.2, -0.15) is 0 Å². The second-order valence-corrected chi connectivity index (χ2v) is 9.93. The summed E-state index contributed by atoms with van der Waals surface area (Å²) in [5.74, 6) is 2.25. The van der Waals surface area contributed by atoms with Crippen LogP contribution in [0.4, 0.5) is 0 Å². The fourth-order valence-electron chi connectivity index (χ4n) is 5.34. The van der Waals surface area contributed by atoms with Gasteiger partial charge in [-0.05, 0) is 60.8 Å². The zero-order valence-corrected chi connectivity index (χ0v) is 17.9. The average Bonchev–Trinajstić information content (AvgIpc) is 3.49. The molecule has 3 aliphatic rings. The Morgan fingerprint density at radius 1 is 1.03 bits per heavy atom. The number of amides is 2. The maximum absolute atomic E-state index is 12.7.